The van der Waals surface area contributed by atoms with Crippen LogP contribution in [0.2, 0.25) is 0 Å². The first-order valence-electron chi connectivity index (χ1n) is 8.38. The van der Waals surface area contributed by atoms with Crippen LogP contribution in [0.3, 0.4) is 0 Å². The minimum Gasteiger partial charge on any atom is -0.268 e. The van der Waals surface area contributed by atoms with Crippen molar-refractivity contribution in [1.82, 2.24) is 23.9 Å². The van der Waals surface area contributed by atoms with E-state index in [1.54, 1.807) is 10.8 Å². The van der Waals surface area contributed by atoms with E-state index in [0.717, 1.165) is 29.6 Å². The Morgan fingerprint density at radius 3 is 2.85 bits per heavy atom. The summed E-state index contributed by atoms with van der Waals surface area (Å²) in [5.41, 5.74) is 3.05. The molecular weight excluding hydrogens is 346 g/mol. The third kappa shape index (κ3) is 2.13. The number of fused-ring (bicyclic) bond motifs is 5. The largest absolute Gasteiger partial charge is 0.270 e. The van der Waals surface area contributed by atoms with Gasteiger partial charge in [0.05, 0.1) is 11.0 Å². The predicted molar refractivity (Wildman–Crippen MR) is 104 cm³/mol. The van der Waals surface area contributed by atoms with Crippen molar-refractivity contribution in [3.05, 3.63) is 59.0 Å². The molecule has 0 saturated carbocycles. The number of allylic oxidation sites excluding steroid dienone is 4. The molecule has 4 aromatic rings. The summed E-state index contributed by atoms with van der Waals surface area (Å²) in [6.07, 6.45) is 11.6. The second-order valence-corrected chi connectivity index (χ2v) is 6.85. The van der Waals surface area contributed by atoms with Crippen LogP contribution in [-0.2, 0) is 0 Å². The SMILES string of the molecule is CSc1ncc2c(=O)n(C3=CCCC=C3)c3nc4ccccc4n3c2n1. The van der Waals surface area contributed by atoms with Gasteiger partial charge >= 0.3 is 0 Å². The molecule has 0 atom stereocenters. The van der Waals surface area contributed by atoms with Gasteiger partial charge in [-0.1, -0.05) is 36.0 Å². The van der Waals surface area contributed by atoms with E-state index in [0.29, 0.717) is 22.0 Å². The van der Waals surface area contributed by atoms with Gasteiger partial charge in [-0.05, 0) is 37.3 Å². The molecule has 1 aliphatic carbocycles. The number of benzene rings is 1. The van der Waals surface area contributed by atoms with E-state index in [9.17, 15) is 4.79 Å². The summed E-state index contributed by atoms with van der Waals surface area (Å²) < 4.78 is 3.62. The zero-order chi connectivity index (χ0) is 17.7. The monoisotopic (exact) mass is 361 g/mol. The van der Waals surface area contributed by atoms with E-state index in [-0.39, 0.29) is 5.56 Å². The normalized spacial score (nSPS) is 14.4. The molecule has 7 heteroatoms. The molecule has 0 amide bonds. The Kier molecular flexibility index (Phi) is 3.43. The van der Waals surface area contributed by atoms with Gasteiger partial charge in [0.25, 0.3) is 5.56 Å². The van der Waals surface area contributed by atoms with Crippen LogP contribution in [0.25, 0.3) is 33.5 Å². The fourth-order valence-electron chi connectivity index (χ4n) is 3.36. The number of rotatable bonds is 2. The Morgan fingerprint density at radius 1 is 1.15 bits per heavy atom. The van der Waals surface area contributed by atoms with Crippen molar-refractivity contribution in [3.63, 3.8) is 0 Å². The van der Waals surface area contributed by atoms with Crippen molar-refractivity contribution < 1.29 is 0 Å². The van der Waals surface area contributed by atoms with Gasteiger partial charge in [-0.25, -0.2) is 19.5 Å². The molecule has 5 rings (SSSR count). The summed E-state index contributed by atoms with van der Waals surface area (Å²) in [6, 6.07) is 7.86. The zero-order valence-corrected chi connectivity index (χ0v) is 14.9. The number of nitrogens with zero attached hydrogens (tertiary/aromatic N) is 5. The van der Waals surface area contributed by atoms with Crippen molar-refractivity contribution >= 4 is 45.3 Å². The topological polar surface area (TPSA) is 65.1 Å². The van der Waals surface area contributed by atoms with Crippen LogP contribution in [0.15, 0.2) is 58.6 Å². The van der Waals surface area contributed by atoms with Gasteiger partial charge in [0, 0.05) is 11.9 Å². The number of hydrogen-bond donors (Lipinski definition) is 0. The molecule has 0 aliphatic heterocycles. The van der Waals surface area contributed by atoms with Crippen LogP contribution in [-0.4, -0.2) is 30.2 Å². The average molecular weight is 361 g/mol. The first-order chi connectivity index (χ1) is 12.8. The molecule has 0 spiro atoms. The number of hydrogen-bond acceptors (Lipinski definition) is 5. The van der Waals surface area contributed by atoms with Crippen LogP contribution in [0.1, 0.15) is 12.8 Å². The number of aromatic nitrogens is 5. The summed E-state index contributed by atoms with van der Waals surface area (Å²) in [7, 11) is 0. The summed E-state index contributed by atoms with van der Waals surface area (Å²) in [5, 5.41) is 1.11. The number of thioether (sulfide) groups is 1. The molecule has 0 fully saturated rings. The van der Waals surface area contributed by atoms with Gasteiger partial charge in [-0.2, -0.15) is 0 Å². The third-order valence-electron chi connectivity index (χ3n) is 4.55. The quantitative estimate of drug-likeness (QED) is 0.404. The Balaban J connectivity index is 2.04. The molecule has 6 nitrogen and oxygen atoms in total. The maximum absolute atomic E-state index is 13.3. The Hall–Kier alpha value is -2.93. The minimum absolute atomic E-state index is 0.145. The standard InChI is InChI=1S/C19H15N5OS/c1-26-18-20-11-13-16(22-18)24-15-10-6-5-9-14(15)21-19(24)23(17(13)25)12-7-3-2-4-8-12/h3,5-11H,2,4H2,1H3. The molecule has 3 heterocycles. The molecule has 3 aromatic heterocycles. The highest BCUT2D eigenvalue weighted by molar-refractivity contribution is 7.98. The molecule has 128 valence electrons. The molecule has 0 bridgehead atoms. The highest BCUT2D eigenvalue weighted by Crippen LogP contribution is 2.24. The van der Waals surface area contributed by atoms with Crippen LogP contribution in [0.4, 0.5) is 0 Å². The lowest BCUT2D eigenvalue weighted by Gasteiger charge is -2.13. The second kappa shape index (κ2) is 5.81. The van der Waals surface area contributed by atoms with E-state index in [2.05, 4.69) is 22.1 Å². The molecule has 0 saturated heterocycles. The zero-order valence-electron chi connectivity index (χ0n) is 14.1. The smallest absolute Gasteiger partial charge is 0.268 e. The van der Waals surface area contributed by atoms with Crippen molar-refractivity contribution in [2.75, 3.05) is 6.26 Å². The molecule has 1 aliphatic rings. The number of imidazole rings is 1. The molecule has 0 N–H and O–H groups in total. The predicted octanol–water partition coefficient (Wildman–Crippen LogP) is 3.51. The molecule has 1 aromatic carbocycles. The number of para-hydroxylation sites is 2. The first-order valence-corrected chi connectivity index (χ1v) is 9.60. The van der Waals surface area contributed by atoms with Crippen molar-refractivity contribution in [2.24, 2.45) is 0 Å². The van der Waals surface area contributed by atoms with Crippen LogP contribution >= 0.6 is 11.8 Å². The summed E-state index contributed by atoms with van der Waals surface area (Å²) >= 11 is 1.45. The summed E-state index contributed by atoms with van der Waals surface area (Å²) in [5.74, 6) is 0.576. The van der Waals surface area contributed by atoms with E-state index in [1.165, 1.54) is 11.8 Å². The van der Waals surface area contributed by atoms with E-state index in [4.69, 9.17) is 4.98 Å². The minimum atomic E-state index is -0.145. The van der Waals surface area contributed by atoms with Crippen molar-refractivity contribution in [1.29, 1.82) is 0 Å². The van der Waals surface area contributed by atoms with Crippen molar-refractivity contribution in [3.8, 4) is 0 Å². The lowest BCUT2D eigenvalue weighted by molar-refractivity contribution is 0.932. The highest BCUT2D eigenvalue weighted by atomic mass is 32.2. The highest BCUT2D eigenvalue weighted by Gasteiger charge is 2.19. The Bertz CT molecular complexity index is 1300. The van der Waals surface area contributed by atoms with E-state index >= 15 is 0 Å². The summed E-state index contributed by atoms with van der Waals surface area (Å²) in [6.45, 7) is 0. The Labute approximate surface area is 152 Å². The average Bonchev–Trinajstić information content (AvgIpc) is 3.07. The van der Waals surface area contributed by atoms with Crippen LogP contribution in [0.5, 0.6) is 0 Å². The second-order valence-electron chi connectivity index (χ2n) is 6.08. The van der Waals surface area contributed by atoms with Crippen LogP contribution in [0, 0.1) is 0 Å². The maximum atomic E-state index is 13.3. The summed E-state index contributed by atoms with van der Waals surface area (Å²) in [4.78, 5) is 26.9. The van der Waals surface area contributed by atoms with Gasteiger partial charge in [-0.15, -0.1) is 0 Å². The fourth-order valence-corrected chi connectivity index (χ4v) is 3.69. The van der Waals surface area contributed by atoms with Crippen molar-refractivity contribution in [2.45, 2.75) is 18.0 Å². The fraction of sp³-hybridized carbons (Fsp3) is 0.158. The molecular formula is C19H15N5OS. The lowest BCUT2D eigenvalue weighted by Crippen LogP contribution is -2.23. The van der Waals surface area contributed by atoms with Crippen LogP contribution < -0.4 is 5.56 Å². The third-order valence-corrected chi connectivity index (χ3v) is 5.11. The molecule has 0 unspecified atom stereocenters. The van der Waals surface area contributed by atoms with Gasteiger partial charge in [0.2, 0.25) is 5.78 Å². The Morgan fingerprint density at radius 2 is 2.04 bits per heavy atom. The molecule has 0 radical (unpaired) electrons. The lowest BCUT2D eigenvalue weighted by atomic mass is 10.1. The maximum Gasteiger partial charge on any atom is 0.270 e. The molecule has 26 heavy (non-hydrogen) atoms. The van der Waals surface area contributed by atoms with Gasteiger partial charge < -0.3 is 0 Å². The van der Waals surface area contributed by atoms with Gasteiger partial charge in [0.1, 0.15) is 5.39 Å². The van der Waals surface area contributed by atoms with E-state index < -0.39 is 0 Å². The van der Waals surface area contributed by atoms with Gasteiger partial charge in [-0.3, -0.25) is 9.20 Å². The van der Waals surface area contributed by atoms with E-state index in [1.807, 2.05) is 41.0 Å². The first kappa shape index (κ1) is 15.3. The van der Waals surface area contributed by atoms with Gasteiger partial charge in [0.15, 0.2) is 10.8 Å².